The summed E-state index contributed by atoms with van der Waals surface area (Å²) in [5.41, 5.74) is 2.69. The van der Waals surface area contributed by atoms with Gasteiger partial charge in [0.1, 0.15) is 0 Å². The molecule has 0 nitrogen and oxygen atoms in total. The van der Waals surface area contributed by atoms with Crippen LogP contribution in [0.1, 0.15) is 25.0 Å². The fraction of sp³-hybridized carbons (Fsp3) is 0.333. The van der Waals surface area contributed by atoms with Crippen LogP contribution in [-0.2, 0) is 6.42 Å². The molecule has 0 bridgehead atoms. The topological polar surface area (TPSA) is 0 Å². The smallest absolute Gasteiger partial charge is 0.0141 e. The molecule has 0 fully saturated rings. The number of benzene rings is 1. The van der Waals surface area contributed by atoms with Crippen molar-refractivity contribution in [3.05, 3.63) is 54.1 Å². The largest absolute Gasteiger partial charge is 0.129 e. The molecular formula is C15H20S. The summed E-state index contributed by atoms with van der Waals surface area (Å²) in [7, 11) is 0. The molecule has 0 heterocycles. The van der Waals surface area contributed by atoms with Gasteiger partial charge < -0.3 is 0 Å². The lowest BCUT2D eigenvalue weighted by atomic mass is 10.0. The van der Waals surface area contributed by atoms with Gasteiger partial charge in [-0.3, -0.25) is 0 Å². The van der Waals surface area contributed by atoms with Crippen LogP contribution in [0.3, 0.4) is 0 Å². The van der Waals surface area contributed by atoms with Gasteiger partial charge in [-0.25, -0.2) is 0 Å². The van der Waals surface area contributed by atoms with Gasteiger partial charge in [0.15, 0.2) is 0 Å². The summed E-state index contributed by atoms with van der Waals surface area (Å²) < 4.78 is 0. The van der Waals surface area contributed by atoms with Crippen molar-refractivity contribution in [2.24, 2.45) is 5.92 Å². The average Bonchev–Trinajstić information content (AvgIpc) is 2.26. The van der Waals surface area contributed by atoms with E-state index >= 15 is 0 Å². The molecule has 0 amide bonds. The van der Waals surface area contributed by atoms with Crippen LogP contribution < -0.4 is 0 Å². The van der Waals surface area contributed by atoms with Gasteiger partial charge in [-0.15, -0.1) is 11.8 Å². The van der Waals surface area contributed by atoms with Crippen LogP contribution in [-0.4, -0.2) is 6.26 Å². The maximum absolute atomic E-state index is 3.74. The monoisotopic (exact) mass is 232 g/mol. The Morgan fingerprint density at radius 3 is 2.38 bits per heavy atom. The Morgan fingerprint density at radius 1 is 1.31 bits per heavy atom. The molecule has 1 aromatic rings. The molecule has 16 heavy (non-hydrogen) atoms. The highest BCUT2D eigenvalue weighted by molar-refractivity contribution is 8.07. The van der Waals surface area contributed by atoms with Crippen LogP contribution in [0.2, 0.25) is 0 Å². The second-order valence-electron chi connectivity index (χ2n) is 4.27. The molecular weight excluding hydrogens is 212 g/mol. The molecule has 0 aliphatic heterocycles. The van der Waals surface area contributed by atoms with E-state index in [1.54, 1.807) is 11.8 Å². The number of hydrogen-bond donors (Lipinski definition) is 0. The van der Waals surface area contributed by atoms with E-state index in [1.807, 2.05) is 6.08 Å². The highest BCUT2D eigenvalue weighted by Crippen LogP contribution is 2.25. The van der Waals surface area contributed by atoms with Crippen molar-refractivity contribution in [2.45, 2.75) is 20.3 Å². The summed E-state index contributed by atoms with van der Waals surface area (Å²) in [6.07, 6.45) is 7.15. The van der Waals surface area contributed by atoms with Gasteiger partial charge in [0.05, 0.1) is 0 Å². The van der Waals surface area contributed by atoms with Crippen LogP contribution in [0, 0.1) is 5.92 Å². The Morgan fingerprint density at radius 2 is 1.94 bits per heavy atom. The second kappa shape index (κ2) is 6.59. The fourth-order valence-electron chi connectivity index (χ4n) is 1.67. The number of rotatable bonds is 5. The molecule has 0 unspecified atom stereocenters. The Kier molecular flexibility index (Phi) is 5.41. The van der Waals surface area contributed by atoms with Crippen LogP contribution >= 0.6 is 11.8 Å². The van der Waals surface area contributed by atoms with E-state index in [-0.39, 0.29) is 0 Å². The highest BCUT2D eigenvalue weighted by atomic mass is 32.2. The molecule has 0 aliphatic carbocycles. The van der Waals surface area contributed by atoms with E-state index in [4.69, 9.17) is 0 Å². The molecule has 0 aliphatic rings. The van der Waals surface area contributed by atoms with E-state index in [0.29, 0.717) is 0 Å². The van der Waals surface area contributed by atoms with Crippen molar-refractivity contribution in [2.75, 3.05) is 6.26 Å². The third-order valence-corrected chi connectivity index (χ3v) is 3.18. The average molecular weight is 232 g/mol. The fourth-order valence-corrected chi connectivity index (χ4v) is 2.27. The van der Waals surface area contributed by atoms with Crippen molar-refractivity contribution in [3.63, 3.8) is 0 Å². The lowest BCUT2D eigenvalue weighted by Gasteiger charge is -2.07. The van der Waals surface area contributed by atoms with Crippen molar-refractivity contribution in [3.8, 4) is 0 Å². The van der Waals surface area contributed by atoms with Crippen molar-refractivity contribution < 1.29 is 0 Å². The van der Waals surface area contributed by atoms with Crippen LogP contribution in [0.25, 0.3) is 4.91 Å². The Labute approximate surface area is 103 Å². The molecule has 0 saturated heterocycles. The van der Waals surface area contributed by atoms with Gasteiger partial charge in [0.2, 0.25) is 0 Å². The predicted octanol–water partition coefficient (Wildman–Crippen LogP) is 4.78. The summed E-state index contributed by atoms with van der Waals surface area (Å²) in [6.45, 7) is 8.24. The van der Waals surface area contributed by atoms with Crippen molar-refractivity contribution in [1.29, 1.82) is 0 Å². The van der Waals surface area contributed by atoms with Gasteiger partial charge >= 0.3 is 0 Å². The Bertz CT molecular complexity index is 358. The molecule has 0 aromatic heterocycles. The third kappa shape index (κ3) is 3.90. The maximum Gasteiger partial charge on any atom is 0.0141 e. The zero-order chi connectivity index (χ0) is 12.0. The summed E-state index contributed by atoms with van der Waals surface area (Å²) in [6, 6.07) is 8.85. The standard InChI is InChI=1S/C15H20S/c1-5-6-15(16-4)14-9-7-13(8-10-14)11-12(2)3/h5-10,12H,1,11H2,2-4H3/b15-6-. The first-order valence-electron chi connectivity index (χ1n) is 5.63. The molecule has 1 heteroatoms. The van der Waals surface area contributed by atoms with Crippen LogP contribution in [0.15, 0.2) is 43.0 Å². The number of allylic oxidation sites excluding steroid dienone is 2. The highest BCUT2D eigenvalue weighted by Gasteiger charge is 2.01. The van der Waals surface area contributed by atoms with Gasteiger partial charge in [0.25, 0.3) is 0 Å². The van der Waals surface area contributed by atoms with E-state index in [2.05, 4.69) is 57.0 Å². The second-order valence-corrected chi connectivity index (χ2v) is 5.11. The molecule has 0 N–H and O–H groups in total. The third-order valence-electron chi connectivity index (χ3n) is 2.37. The first-order valence-corrected chi connectivity index (χ1v) is 6.86. The quantitative estimate of drug-likeness (QED) is 0.659. The van der Waals surface area contributed by atoms with E-state index in [9.17, 15) is 0 Å². The molecule has 0 radical (unpaired) electrons. The minimum atomic E-state index is 0.717. The van der Waals surface area contributed by atoms with Gasteiger partial charge in [-0.1, -0.05) is 50.8 Å². The molecule has 0 saturated carbocycles. The van der Waals surface area contributed by atoms with Crippen molar-refractivity contribution >= 4 is 16.7 Å². The van der Waals surface area contributed by atoms with Crippen LogP contribution in [0.4, 0.5) is 0 Å². The first-order chi connectivity index (χ1) is 7.67. The molecule has 0 spiro atoms. The zero-order valence-electron chi connectivity index (χ0n) is 10.4. The van der Waals surface area contributed by atoms with Gasteiger partial charge in [-0.05, 0) is 35.8 Å². The van der Waals surface area contributed by atoms with Gasteiger partial charge in [-0.2, -0.15) is 0 Å². The van der Waals surface area contributed by atoms with Gasteiger partial charge in [0, 0.05) is 4.91 Å². The van der Waals surface area contributed by atoms with E-state index in [1.165, 1.54) is 16.0 Å². The summed E-state index contributed by atoms with van der Waals surface area (Å²) in [5.74, 6) is 0.717. The summed E-state index contributed by atoms with van der Waals surface area (Å²) in [5, 5.41) is 0. The number of thioether (sulfide) groups is 1. The maximum atomic E-state index is 3.74. The predicted molar refractivity (Wildman–Crippen MR) is 76.7 cm³/mol. The summed E-state index contributed by atoms with van der Waals surface area (Å²) in [4.78, 5) is 1.27. The van der Waals surface area contributed by atoms with E-state index in [0.717, 1.165) is 12.3 Å². The Balaban J connectivity index is 2.85. The zero-order valence-corrected chi connectivity index (χ0v) is 11.2. The molecule has 1 aromatic carbocycles. The minimum Gasteiger partial charge on any atom is -0.129 e. The normalized spacial score (nSPS) is 11.9. The molecule has 1 rings (SSSR count). The SMILES string of the molecule is C=C/C=C(\SC)c1ccc(CC(C)C)cc1. The minimum absolute atomic E-state index is 0.717. The van der Waals surface area contributed by atoms with E-state index < -0.39 is 0 Å². The Hall–Kier alpha value is -0.950. The van der Waals surface area contributed by atoms with Crippen molar-refractivity contribution in [1.82, 2.24) is 0 Å². The van der Waals surface area contributed by atoms with Crippen LogP contribution in [0.5, 0.6) is 0 Å². The first kappa shape index (κ1) is 13.1. The lowest BCUT2D eigenvalue weighted by Crippen LogP contribution is -1.93. The summed E-state index contributed by atoms with van der Waals surface area (Å²) >= 11 is 1.76. The number of hydrogen-bond acceptors (Lipinski definition) is 1. The molecule has 0 atom stereocenters. The molecule has 86 valence electrons. The lowest BCUT2D eigenvalue weighted by molar-refractivity contribution is 0.647.